The van der Waals surface area contributed by atoms with E-state index < -0.39 is 0 Å². The minimum absolute atomic E-state index is 0.00184. The van der Waals surface area contributed by atoms with Crippen LogP contribution < -0.4 is 5.32 Å². The van der Waals surface area contributed by atoms with E-state index in [0.717, 1.165) is 55.0 Å². The molecule has 0 heterocycles. The van der Waals surface area contributed by atoms with Crippen LogP contribution in [0.3, 0.4) is 0 Å². The van der Waals surface area contributed by atoms with E-state index in [1.165, 1.54) is 5.56 Å². The summed E-state index contributed by atoms with van der Waals surface area (Å²) in [6.45, 7) is 4.13. The highest BCUT2D eigenvalue weighted by Gasteiger charge is 2.06. The summed E-state index contributed by atoms with van der Waals surface area (Å²) < 4.78 is 5.65. The van der Waals surface area contributed by atoms with Gasteiger partial charge in [0.25, 0.3) is 5.91 Å². The molecule has 1 N–H and O–H groups in total. The van der Waals surface area contributed by atoms with Crippen molar-refractivity contribution >= 4 is 17.5 Å². The molecule has 0 aromatic heterocycles. The van der Waals surface area contributed by atoms with Crippen LogP contribution >= 0.6 is 11.6 Å². The fourth-order valence-corrected chi connectivity index (χ4v) is 2.71. The summed E-state index contributed by atoms with van der Waals surface area (Å²) in [6, 6.07) is 15.6. The first kappa shape index (κ1) is 19.5. The van der Waals surface area contributed by atoms with Crippen LogP contribution in [0, 0.1) is 6.92 Å². The predicted molar refractivity (Wildman–Crippen MR) is 103 cm³/mol. The molecule has 0 atom stereocenters. The zero-order valence-corrected chi connectivity index (χ0v) is 15.5. The van der Waals surface area contributed by atoms with Crippen LogP contribution in [-0.4, -0.2) is 25.7 Å². The maximum atomic E-state index is 12.0. The molecule has 0 spiro atoms. The molecule has 2 aromatic rings. The van der Waals surface area contributed by atoms with Crippen molar-refractivity contribution in [3.63, 3.8) is 0 Å². The monoisotopic (exact) mass is 359 g/mol. The average molecular weight is 360 g/mol. The Labute approximate surface area is 155 Å². The lowest BCUT2D eigenvalue weighted by molar-refractivity contribution is 0.0947. The van der Waals surface area contributed by atoms with Gasteiger partial charge in [0, 0.05) is 30.3 Å². The van der Waals surface area contributed by atoms with Gasteiger partial charge in [-0.15, -0.1) is 0 Å². The van der Waals surface area contributed by atoms with Gasteiger partial charge in [-0.3, -0.25) is 4.79 Å². The van der Waals surface area contributed by atoms with Crippen LogP contribution in [0.2, 0.25) is 5.02 Å². The van der Waals surface area contributed by atoms with Crippen molar-refractivity contribution < 1.29 is 9.53 Å². The molecule has 0 aliphatic heterocycles. The fourth-order valence-electron chi connectivity index (χ4n) is 2.59. The number of carbonyl (C=O) groups excluding carboxylic acids is 1. The highest BCUT2D eigenvalue weighted by atomic mass is 35.5. The molecule has 0 radical (unpaired) electrons. The first-order valence-corrected chi connectivity index (χ1v) is 9.20. The fraction of sp³-hybridized carbons (Fsp3) is 0.381. The van der Waals surface area contributed by atoms with Crippen molar-refractivity contribution in [2.45, 2.75) is 32.6 Å². The first-order valence-electron chi connectivity index (χ1n) is 8.83. The molecule has 2 rings (SSSR count). The summed E-state index contributed by atoms with van der Waals surface area (Å²) in [7, 11) is 0. The van der Waals surface area contributed by atoms with E-state index in [9.17, 15) is 4.79 Å². The number of carbonyl (C=O) groups is 1. The van der Waals surface area contributed by atoms with Gasteiger partial charge in [0.15, 0.2) is 0 Å². The Balaban J connectivity index is 1.47. The number of aryl methyl sites for hydroxylation is 2. The quantitative estimate of drug-likeness (QED) is 0.618. The van der Waals surface area contributed by atoms with E-state index in [4.69, 9.17) is 16.3 Å². The van der Waals surface area contributed by atoms with Crippen molar-refractivity contribution in [3.05, 3.63) is 70.2 Å². The number of unbranched alkanes of at least 4 members (excludes halogenated alkanes) is 1. The zero-order chi connectivity index (χ0) is 17.9. The second-order valence-electron chi connectivity index (χ2n) is 6.12. The van der Waals surface area contributed by atoms with Gasteiger partial charge >= 0.3 is 0 Å². The molecule has 134 valence electrons. The number of hydrogen-bond donors (Lipinski definition) is 1. The summed E-state index contributed by atoms with van der Waals surface area (Å²) in [4.78, 5) is 12.0. The van der Waals surface area contributed by atoms with E-state index in [0.29, 0.717) is 6.54 Å². The maximum absolute atomic E-state index is 12.0. The summed E-state index contributed by atoms with van der Waals surface area (Å²) in [5.74, 6) is 0.00184. The van der Waals surface area contributed by atoms with Gasteiger partial charge in [0.1, 0.15) is 0 Å². The number of nitrogens with one attached hydrogen (secondary N) is 1. The minimum Gasteiger partial charge on any atom is -0.381 e. The SMILES string of the molecule is Cc1ccccc1C(=O)NCCCCOCCCc1ccc(Cl)cc1. The number of hydrogen-bond acceptors (Lipinski definition) is 2. The van der Waals surface area contributed by atoms with Gasteiger partial charge in [-0.05, 0) is 61.9 Å². The van der Waals surface area contributed by atoms with Gasteiger partial charge in [0.05, 0.1) is 0 Å². The number of ether oxygens (including phenoxy) is 1. The zero-order valence-electron chi connectivity index (χ0n) is 14.8. The third-order valence-corrected chi connectivity index (χ3v) is 4.31. The third-order valence-electron chi connectivity index (χ3n) is 4.06. The Kier molecular flexibility index (Phi) is 8.50. The minimum atomic E-state index is 0.00184. The van der Waals surface area contributed by atoms with E-state index in [-0.39, 0.29) is 5.91 Å². The molecule has 0 aliphatic rings. The summed E-state index contributed by atoms with van der Waals surface area (Å²) in [5.41, 5.74) is 3.04. The van der Waals surface area contributed by atoms with E-state index >= 15 is 0 Å². The van der Waals surface area contributed by atoms with Gasteiger partial charge < -0.3 is 10.1 Å². The number of rotatable bonds is 10. The van der Waals surface area contributed by atoms with Crippen molar-refractivity contribution in [2.24, 2.45) is 0 Å². The van der Waals surface area contributed by atoms with Crippen molar-refractivity contribution in [1.82, 2.24) is 5.32 Å². The molecule has 3 nitrogen and oxygen atoms in total. The van der Waals surface area contributed by atoms with Gasteiger partial charge in [-0.25, -0.2) is 0 Å². The molecule has 0 saturated carbocycles. The molecular weight excluding hydrogens is 334 g/mol. The van der Waals surface area contributed by atoms with Crippen molar-refractivity contribution in [2.75, 3.05) is 19.8 Å². The highest BCUT2D eigenvalue weighted by molar-refractivity contribution is 6.30. The third kappa shape index (κ3) is 7.29. The van der Waals surface area contributed by atoms with Crippen LogP contribution in [-0.2, 0) is 11.2 Å². The molecular formula is C21H26ClNO2. The average Bonchev–Trinajstić information content (AvgIpc) is 2.62. The first-order chi connectivity index (χ1) is 12.2. The number of halogens is 1. The van der Waals surface area contributed by atoms with E-state index in [2.05, 4.69) is 17.4 Å². The lowest BCUT2D eigenvalue weighted by atomic mass is 10.1. The standard InChI is InChI=1S/C21H26ClNO2/c1-17-7-2-3-9-20(17)21(24)23-14-4-5-15-25-16-6-8-18-10-12-19(22)13-11-18/h2-3,7,9-13H,4-6,8,14-16H2,1H3,(H,23,24). The molecule has 1 amide bonds. The van der Waals surface area contributed by atoms with Crippen LogP contribution in [0.4, 0.5) is 0 Å². The van der Waals surface area contributed by atoms with Crippen LogP contribution in [0.15, 0.2) is 48.5 Å². The molecule has 4 heteroatoms. The van der Waals surface area contributed by atoms with E-state index in [1.54, 1.807) is 0 Å². The molecule has 0 fully saturated rings. The Hall–Kier alpha value is -1.84. The predicted octanol–water partition coefficient (Wildman–Crippen LogP) is 4.81. The van der Waals surface area contributed by atoms with E-state index in [1.807, 2.05) is 43.3 Å². The van der Waals surface area contributed by atoms with Gasteiger partial charge in [0.2, 0.25) is 0 Å². The molecule has 0 saturated heterocycles. The lowest BCUT2D eigenvalue weighted by Gasteiger charge is -2.08. The van der Waals surface area contributed by atoms with Crippen LogP contribution in [0.25, 0.3) is 0 Å². The summed E-state index contributed by atoms with van der Waals surface area (Å²) in [6.07, 6.45) is 3.89. The van der Waals surface area contributed by atoms with Crippen molar-refractivity contribution in [3.8, 4) is 0 Å². The molecule has 0 aliphatic carbocycles. The Morgan fingerprint density at radius 1 is 1.00 bits per heavy atom. The second kappa shape index (κ2) is 10.9. The number of benzene rings is 2. The van der Waals surface area contributed by atoms with Crippen LogP contribution in [0.5, 0.6) is 0 Å². The molecule has 25 heavy (non-hydrogen) atoms. The molecule has 2 aromatic carbocycles. The topological polar surface area (TPSA) is 38.3 Å². The van der Waals surface area contributed by atoms with Crippen LogP contribution in [0.1, 0.15) is 40.7 Å². The Morgan fingerprint density at radius 3 is 2.48 bits per heavy atom. The van der Waals surface area contributed by atoms with Crippen molar-refractivity contribution in [1.29, 1.82) is 0 Å². The number of amides is 1. The van der Waals surface area contributed by atoms with Gasteiger partial charge in [-0.1, -0.05) is 41.9 Å². The second-order valence-corrected chi connectivity index (χ2v) is 6.56. The Bertz CT molecular complexity index is 655. The summed E-state index contributed by atoms with van der Waals surface area (Å²) >= 11 is 5.87. The Morgan fingerprint density at radius 2 is 1.72 bits per heavy atom. The smallest absolute Gasteiger partial charge is 0.251 e. The molecule has 0 bridgehead atoms. The lowest BCUT2D eigenvalue weighted by Crippen LogP contribution is -2.25. The maximum Gasteiger partial charge on any atom is 0.251 e. The molecule has 0 unspecified atom stereocenters. The summed E-state index contributed by atoms with van der Waals surface area (Å²) in [5, 5.41) is 3.74. The highest BCUT2D eigenvalue weighted by Crippen LogP contribution is 2.11. The largest absolute Gasteiger partial charge is 0.381 e. The normalized spacial score (nSPS) is 10.6. The van der Waals surface area contributed by atoms with Gasteiger partial charge in [-0.2, -0.15) is 0 Å².